The highest BCUT2D eigenvalue weighted by Gasteiger charge is 2.11. The summed E-state index contributed by atoms with van der Waals surface area (Å²) in [6.45, 7) is 0. The van der Waals surface area contributed by atoms with E-state index in [-0.39, 0.29) is 0 Å². The second-order valence-corrected chi connectivity index (χ2v) is 5.99. The van der Waals surface area contributed by atoms with Crippen LogP contribution in [0.3, 0.4) is 0 Å². The van der Waals surface area contributed by atoms with Crippen LogP contribution in [0.4, 0.5) is 0 Å². The van der Waals surface area contributed by atoms with E-state index in [1.807, 2.05) is 48.5 Å². The lowest BCUT2D eigenvalue weighted by Crippen LogP contribution is -1.80. The predicted molar refractivity (Wildman–Crippen MR) is 100 cm³/mol. The first kappa shape index (κ1) is 14.6. The molecule has 0 aliphatic carbocycles. The molecule has 0 aliphatic heterocycles. The fourth-order valence-corrected chi connectivity index (χ4v) is 2.96. The van der Waals surface area contributed by atoms with E-state index in [4.69, 9.17) is 4.42 Å². The van der Waals surface area contributed by atoms with Gasteiger partial charge in [0, 0.05) is 11.1 Å². The minimum Gasteiger partial charge on any atom is -0.416 e. The number of aromatic nitrogens is 4. The van der Waals surface area contributed by atoms with E-state index >= 15 is 0 Å². The number of hydrogen-bond donors (Lipinski definition) is 1. The molecule has 124 valence electrons. The van der Waals surface area contributed by atoms with Gasteiger partial charge in [0.05, 0.1) is 17.4 Å². The van der Waals surface area contributed by atoms with Gasteiger partial charge < -0.3 is 9.40 Å². The molecule has 0 bridgehead atoms. The number of nitrogens with zero attached hydrogens (tertiary/aromatic N) is 3. The lowest BCUT2D eigenvalue weighted by Gasteiger charge is -2.02. The lowest BCUT2D eigenvalue weighted by atomic mass is 10.0. The third-order valence-corrected chi connectivity index (χ3v) is 4.33. The quantitative estimate of drug-likeness (QED) is 0.505. The van der Waals surface area contributed by atoms with Crippen molar-refractivity contribution in [3.05, 3.63) is 79.1 Å². The number of imidazole rings is 1. The van der Waals surface area contributed by atoms with Crippen molar-refractivity contribution in [1.29, 1.82) is 0 Å². The molecule has 5 aromatic rings. The predicted octanol–water partition coefficient (Wildman–Crippen LogP) is 4.95. The zero-order valence-electron chi connectivity index (χ0n) is 13.8. The molecule has 1 N–H and O–H groups in total. The van der Waals surface area contributed by atoms with Crippen LogP contribution < -0.4 is 0 Å². The van der Waals surface area contributed by atoms with E-state index in [1.165, 1.54) is 5.56 Å². The maximum absolute atomic E-state index is 5.87. The van der Waals surface area contributed by atoms with Crippen LogP contribution in [-0.2, 0) is 0 Å². The van der Waals surface area contributed by atoms with Crippen molar-refractivity contribution in [3.8, 4) is 34.0 Å². The molecule has 0 saturated carbocycles. The normalized spacial score (nSPS) is 11.1. The molecule has 3 aromatic carbocycles. The Balaban J connectivity index is 1.46. The number of aromatic amines is 1. The van der Waals surface area contributed by atoms with Gasteiger partial charge in [-0.25, -0.2) is 4.98 Å². The van der Waals surface area contributed by atoms with Crippen molar-refractivity contribution in [2.24, 2.45) is 0 Å². The van der Waals surface area contributed by atoms with Gasteiger partial charge in [-0.05, 0) is 41.5 Å². The highest BCUT2D eigenvalue weighted by Crippen LogP contribution is 2.27. The van der Waals surface area contributed by atoms with Gasteiger partial charge in [-0.2, -0.15) is 0 Å². The van der Waals surface area contributed by atoms with Crippen molar-refractivity contribution < 1.29 is 4.42 Å². The zero-order valence-corrected chi connectivity index (χ0v) is 13.8. The lowest BCUT2D eigenvalue weighted by molar-refractivity contribution is 0.584. The Kier molecular flexibility index (Phi) is 3.35. The highest BCUT2D eigenvalue weighted by atomic mass is 16.4. The summed E-state index contributed by atoms with van der Waals surface area (Å²) >= 11 is 0. The average molecular weight is 338 g/mol. The van der Waals surface area contributed by atoms with E-state index in [1.54, 1.807) is 6.33 Å². The molecule has 5 nitrogen and oxygen atoms in total. The first-order chi connectivity index (χ1) is 12.9. The Morgan fingerprint density at radius 2 is 1.31 bits per heavy atom. The van der Waals surface area contributed by atoms with Gasteiger partial charge in [0.15, 0.2) is 0 Å². The van der Waals surface area contributed by atoms with E-state index in [2.05, 4.69) is 44.4 Å². The smallest absolute Gasteiger partial charge is 0.248 e. The number of hydrogen-bond acceptors (Lipinski definition) is 4. The van der Waals surface area contributed by atoms with Gasteiger partial charge in [0.2, 0.25) is 11.8 Å². The molecule has 0 aliphatic rings. The molecule has 0 fully saturated rings. The molecular formula is C21H14N4O. The van der Waals surface area contributed by atoms with Crippen LogP contribution in [0.2, 0.25) is 0 Å². The fraction of sp³-hybridized carbons (Fsp3) is 0. The summed E-state index contributed by atoms with van der Waals surface area (Å²) in [5.41, 5.74) is 5.93. The van der Waals surface area contributed by atoms with E-state index in [0.717, 1.165) is 27.7 Å². The molecule has 26 heavy (non-hydrogen) atoms. The van der Waals surface area contributed by atoms with E-state index < -0.39 is 0 Å². The van der Waals surface area contributed by atoms with E-state index in [9.17, 15) is 0 Å². The Hall–Kier alpha value is -3.73. The average Bonchev–Trinajstić information content (AvgIpc) is 3.38. The van der Waals surface area contributed by atoms with Crippen LogP contribution in [-0.4, -0.2) is 20.2 Å². The molecule has 2 heterocycles. The SMILES string of the molecule is c1ccc(-c2ccc(-c3nnc(-c4ccc5nc[nH]c5c4)o3)cc2)cc1. The van der Waals surface area contributed by atoms with Crippen LogP contribution in [0.5, 0.6) is 0 Å². The van der Waals surface area contributed by atoms with Gasteiger partial charge in [0.1, 0.15) is 0 Å². The van der Waals surface area contributed by atoms with Crippen molar-refractivity contribution in [2.45, 2.75) is 0 Å². The minimum atomic E-state index is 0.489. The Morgan fingerprint density at radius 1 is 0.654 bits per heavy atom. The van der Waals surface area contributed by atoms with Gasteiger partial charge in [-0.15, -0.1) is 10.2 Å². The van der Waals surface area contributed by atoms with Gasteiger partial charge in [0.25, 0.3) is 0 Å². The summed E-state index contributed by atoms with van der Waals surface area (Å²) in [6, 6.07) is 24.2. The van der Waals surface area contributed by atoms with Crippen LogP contribution in [0.1, 0.15) is 0 Å². The summed E-state index contributed by atoms with van der Waals surface area (Å²) in [5, 5.41) is 8.37. The fourth-order valence-electron chi connectivity index (χ4n) is 2.96. The summed E-state index contributed by atoms with van der Waals surface area (Å²) in [6.07, 6.45) is 1.67. The van der Waals surface area contributed by atoms with Crippen LogP contribution in [0.25, 0.3) is 45.1 Å². The molecular weight excluding hydrogens is 324 g/mol. The number of fused-ring (bicyclic) bond motifs is 1. The van der Waals surface area contributed by atoms with E-state index in [0.29, 0.717) is 11.8 Å². The van der Waals surface area contributed by atoms with Gasteiger partial charge >= 0.3 is 0 Å². The van der Waals surface area contributed by atoms with Crippen LogP contribution in [0.15, 0.2) is 83.5 Å². The molecule has 0 saturated heterocycles. The first-order valence-electron chi connectivity index (χ1n) is 8.30. The van der Waals surface area contributed by atoms with Crippen LogP contribution >= 0.6 is 0 Å². The molecule has 0 radical (unpaired) electrons. The Morgan fingerprint density at radius 3 is 2.12 bits per heavy atom. The van der Waals surface area contributed by atoms with Crippen molar-refractivity contribution in [3.63, 3.8) is 0 Å². The number of benzene rings is 3. The first-order valence-corrected chi connectivity index (χ1v) is 8.30. The van der Waals surface area contributed by atoms with Crippen molar-refractivity contribution in [2.75, 3.05) is 0 Å². The van der Waals surface area contributed by atoms with Crippen LogP contribution in [0, 0.1) is 0 Å². The molecule has 0 spiro atoms. The third kappa shape index (κ3) is 2.56. The summed E-state index contributed by atoms with van der Waals surface area (Å²) in [7, 11) is 0. The molecule has 5 rings (SSSR count). The van der Waals surface area contributed by atoms with Crippen molar-refractivity contribution >= 4 is 11.0 Å². The maximum atomic E-state index is 5.87. The molecule has 0 unspecified atom stereocenters. The summed E-state index contributed by atoms with van der Waals surface area (Å²) in [5.74, 6) is 0.993. The molecule has 5 heteroatoms. The standard InChI is InChI=1S/C21H14N4O/c1-2-4-14(5-3-1)15-6-8-16(9-7-15)20-24-25-21(26-20)17-10-11-18-19(12-17)23-13-22-18/h1-13H,(H,22,23). The zero-order chi connectivity index (χ0) is 17.3. The maximum Gasteiger partial charge on any atom is 0.248 e. The monoisotopic (exact) mass is 338 g/mol. The van der Waals surface area contributed by atoms with Gasteiger partial charge in [-0.3, -0.25) is 0 Å². The topological polar surface area (TPSA) is 67.6 Å². The second-order valence-electron chi connectivity index (χ2n) is 5.99. The Bertz CT molecular complexity index is 1170. The molecule has 0 amide bonds. The molecule has 0 atom stereocenters. The van der Waals surface area contributed by atoms with Gasteiger partial charge in [-0.1, -0.05) is 42.5 Å². The Labute approximate surface area is 149 Å². The molecule has 2 aromatic heterocycles. The largest absolute Gasteiger partial charge is 0.416 e. The number of nitrogens with one attached hydrogen (secondary N) is 1. The summed E-state index contributed by atoms with van der Waals surface area (Å²) in [4.78, 5) is 7.31. The van der Waals surface area contributed by atoms with Crippen molar-refractivity contribution in [1.82, 2.24) is 20.2 Å². The highest BCUT2D eigenvalue weighted by molar-refractivity contribution is 5.79. The number of H-pyrrole nitrogens is 1. The number of rotatable bonds is 3. The summed E-state index contributed by atoms with van der Waals surface area (Å²) < 4.78 is 5.87. The second kappa shape index (κ2) is 5.97. The third-order valence-electron chi connectivity index (χ3n) is 4.33. The minimum absolute atomic E-state index is 0.489.